The average Bonchev–Trinajstić information content (AvgIpc) is 2.93. The number of rotatable bonds is 3. The summed E-state index contributed by atoms with van der Waals surface area (Å²) in [6.07, 6.45) is 3.08. The van der Waals surface area contributed by atoms with E-state index < -0.39 is 0 Å². The van der Waals surface area contributed by atoms with Crippen molar-refractivity contribution in [2.75, 3.05) is 7.11 Å². The number of aromatic nitrogens is 1. The van der Waals surface area contributed by atoms with E-state index >= 15 is 0 Å². The van der Waals surface area contributed by atoms with Crippen LogP contribution >= 0.6 is 0 Å². The van der Waals surface area contributed by atoms with Crippen LogP contribution in [0.25, 0.3) is 16.6 Å². The van der Waals surface area contributed by atoms with Crippen LogP contribution in [-0.2, 0) is 12.8 Å². The lowest BCUT2D eigenvalue weighted by atomic mass is 9.76. The molecule has 0 amide bonds. The van der Waals surface area contributed by atoms with Crippen LogP contribution in [0.15, 0.2) is 42.5 Å². The minimum atomic E-state index is -0.326. The predicted molar refractivity (Wildman–Crippen MR) is 102 cm³/mol. The highest BCUT2D eigenvalue weighted by Crippen LogP contribution is 2.42. The molecule has 4 rings (SSSR count). The van der Waals surface area contributed by atoms with Gasteiger partial charge in [-0.3, -0.25) is 10.1 Å². The van der Waals surface area contributed by atoms with E-state index in [4.69, 9.17) is 4.74 Å². The predicted octanol–water partition coefficient (Wildman–Crippen LogP) is 5.06. The summed E-state index contributed by atoms with van der Waals surface area (Å²) in [5, 5.41) is 12.4. The van der Waals surface area contributed by atoms with Gasteiger partial charge in [0.25, 0.3) is 5.69 Å². The van der Waals surface area contributed by atoms with Gasteiger partial charge < -0.3 is 9.30 Å². The van der Waals surface area contributed by atoms with Gasteiger partial charge in [0.2, 0.25) is 0 Å². The van der Waals surface area contributed by atoms with Gasteiger partial charge in [-0.1, -0.05) is 13.8 Å². The highest BCUT2D eigenvalue weighted by molar-refractivity contribution is 5.89. The Morgan fingerprint density at radius 1 is 1.15 bits per heavy atom. The summed E-state index contributed by atoms with van der Waals surface area (Å²) in [6, 6.07) is 13.1. The summed E-state index contributed by atoms with van der Waals surface area (Å²) in [5.74, 6) is 0.797. The molecule has 0 unspecified atom stereocenters. The van der Waals surface area contributed by atoms with Crippen LogP contribution in [0.5, 0.6) is 5.75 Å². The Morgan fingerprint density at radius 2 is 1.88 bits per heavy atom. The molecule has 1 aliphatic rings. The van der Waals surface area contributed by atoms with E-state index in [1.54, 1.807) is 19.2 Å². The summed E-state index contributed by atoms with van der Waals surface area (Å²) >= 11 is 0. The minimum absolute atomic E-state index is 0.126. The quantitative estimate of drug-likeness (QED) is 0.490. The molecule has 0 N–H and O–H groups in total. The largest absolute Gasteiger partial charge is 0.497 e. The van der Waals surface area contributed by atoms with Crippen molar-refractivity contribution in [2.24, 2.45) is 5.41 Å². The number of nitro groups is 1. The zero-order valence-electron chi connectivity index (χ0n) is 15.3. The Balaban J connectivity index is 2.01. The molecule has 0 saturated heterocycles. The van der Waals surface area contributed by atoms with Gasteiger partial charge in [-0.05, 0) is 60.6 Å². The van der Waals surface area contributed by atoms with Crippen molar-refractivity contribution in [1.82, 2.24) is 4.57 Å². The van der Waals surface area contributed by atoms with E-state index in [0.717, 1.165) is 41.6 Å². The van der Waals surface area contributed by atoms with Crippen molar-refractivity contribution in [3.63, 3.8) is 0 Å². The van der Waals surface area contributed by atoms with Crippen molar-refractivity contribution >= 4 is 16.6 Å². The molecule has 0 fully saturated rings. The van der Waals surface area contributed by atoms with E-state index in [1.807, 2.05) is 30.3 Å². The highest BCUT2D eigenvalue weighted by Gasteiger charge is 2.31. The molecule has 3 aromatic rings. The van der Waals surface area contributed by atoms with Crippen LogP contribution in [0.3, 0.4) is 0 Å². The highest BCUT2D eigenvalue weighted by atomic mass is 16.6. The standard InChI is InChI=1S/C21H22N2O3/c1-21(2)11-10-18-17-9-6-15(23(24)25)12-19(17)22(20(18)13-21)14-4-7-16(26-3)8-5-14/h4-9,12H,10-11,13H2,1-3H3. The Labute approximate surface area is 152 Å². The van der Waals surface area contributed by atoms with E-state index in [9.17, 15) is 10.1 Å². The van der Waals surface area contributed by atoms with Gasteiger partial charge in [-0.15, -0.1) is 0 Å². The number of hydrogen-bond acceptors (Lipinski definition) is 3. The summed E-state index contributed by atoms with van der Waals surface area (Å²) in [5.41, 5.74) is 4.85. The first-order valence-corrected chi connectivity index (χ1v) is 8.85. The van der Waals surface area contributed by atoms with Crippen molar-refractivity contribution < 1.29 is 9.66 Å². The molecule has 2 aromatic carbocycles. The summed E-state index contributed by atoms with van der Waals surface area (Å²) in [4.78, 5) is 11.0. The molecular weight excluding hydrogens is 328 g/mol. The molecule has 0 atom stereocenters. The van der Waals surface area contributed by atoms with E-state index in [1.165, 1.54) is 11.3 Å². The Morgan fingerprint density at radius 3 is 2.54 bits per heavy atom. The van der Waals surface area contributed by atoms with Gasteiger partial charge >= 0.3 is 0 Å². The third-order valence-corrected chi connectivity index (χ3v) is 5.40. The molecule has 26 heavy (non-hydrogen) atoms. The van der Waals surface area contributed by atoms with Gasteiger partial charge in [0.15, 0.2) is 0 Å². The van der Waals surface area contributed by atoms with Crippen molar-refractivity contribution in [1.29, 1.82) is 0 Å². The smallest absolute Gasteiger partial charge is 0.271 e. The average molecular weight is 350 g/mol. The third-order valence-electron chi connectivity index (χ3n) is 5.40. The van der Waals surface area contributed by atoms with E-state index in [2.05, 4.69) is 18.4 Å². The van der Waals surface area contributed by atoms with Gasteiger partial charge in [-0.25, -0.2) is 0 Å². The maximum atomic E-state index is 11.3. The Bertz CT molecular complexity index is 1000. The lowest BCUT2D eigenvalue weighted by molar-refractivity contribution is -0.384. The Kier molecular flexibility index (Phi) is 3.75. The normalized spacial score (nSPS) is 15.7. The molecule has 5 nitrogen and oxygen atoms in total. The third kappa shape index (κ3) is 2.64. The number of ether oxygens (including phenoxy) is 1. The second-order valence-electron chi connectivity index (χ2n) is 7.76. The van der Waals surface area contributed by atoms with Crippen LogP contribution in [0, 0.1) is 15.5 Å². The zero-order chi connectivity index (χ0) is 18.5. The fourth-order valence-electron chi connectivity index (χ4n) is 4.01. The van der Waals surface area contributed by atoms with Gasteiger partial charge in [0, 0.05) is 28.9 Å². The second-order valence-corrected chi connectivity index (χ2v) is 7.76. The summed E-state index contributed by atoms with van der Waals surface area (Å²) < 4.78 is 7.46. The Hall–Kier alpha value is -2.82. The van der Waals surface area contributed by atoms with Crippen LogP contribution in [0.1, 0.15) is 31.5 Å². The molecule has 1 aliphatic carbocycles. The SMILES string of the molecule is COc1ccc(-n2c3c(c4ccc([N+](=O)[O-])cc42)CCC(C)(C)C3)cc1. The van der Waals surface area contributed by atoms with E-state index in [-0.39, 0.29) is 16.0 Å². The number of non-ortho nitro benzene ring substituents is 1. The second kappa shape index (κ2) is 5.87. The number of aryl methyl sites for hydroxylation is 1. The number of methoxy groups -OCH3 is 1. The zero-order valence-corrected chi connectivity index (χ0v) is 15.3. The maximum absolute atomic E-state index is 11.3. The van der Waals surface area contributed by atoms with Crippen LogP contribution in [-0.4, -0.2) is 16.6 Å². The molecular formula is C21H22N2O3. The van der Waals surface area contributed by atoms with Crippen LogP contribution < -0.4 is 4.74 Å². The molecule has 0 aliphatic heterocycles. The van der Waals surface area contributed by atoms with Gasteiger partial charge in [-0.2, -0.15) is 0 Å². The first kappa shape index (κ1) is 16.6. The number of fused-ring (bicyclic) bond motifs is 3. The number of nitro benzene ring substituents is 1. The number of nitrogens with zero attached hydrogens (tertiary/aromatic N) is 2. The molecule has 0 spiro atoms. The molecule has 0 radical (unpaired) electrons. The minimum Gasteiger partial charge on any atom is -0.497 e. The van der Waals surface area contributed by atoms with E-state index in [0.29, 0.717) is 0 Å². The molecule has 1 aromatic heterocycles. The molecule has 0 saturated carbocycles. The van der Waals surface area contributed by atoms with Crippen molar-refractivity contribution in [3.8, 4) is 11.4 Å². The summed E-state index contributed by atoms with van der Waals surface area (Å²) in [6.45, 7) is 4.57. The summed E-state index contributed by atoms with van der Waals surface area (Å²) in [7, 11) is 1.65. The molecule has 1 heterocycles. The van der Waals surface area contributed by atoms with Crippen LogP contribution in [0.4, 0.5) is 5.69 Å². The molecule has 0 bridgehead atoms. The first-order valence-electron chi connectivity index (χ1n) is 8.85. The number of hydrogen-bond donors (Lipinski definition) is 0. The van der Waals surface area contributed by atoms with Crippen LogP contribution in [0.2, 0.25) is 0 Å². The first-order chi connectivity index (χ1) is 12.4. The molecule has 134 valence electrons. The molecule has 5 heteroatoms. The monoisotopic (exact) mass is 350 g/mol. The maximum Gasteiger partial charge on any atom is 0.271 e. The van der Waals surface area contributed by atoms with Crippen molar-refractivity contribution in [3.05, 3.63) is 63.8 Å². The number of benzene rings is 2. The topological polar surface area (TPSA) is 57.3 Å². The fraction of sp³-hybridized carbons (Fsp3) is 0.333. The van der Waals surface area contributed by atoms with Gasteiger partial charge in [0.1, 0.15) is 5.75 Å². The van der Waals surface area contributed by atoms with Gasteiger partial charge in [0.05, 0.1) is 17.5 Å². The van der Waals surface area contributed by atoms with Crippen molar-refractivity contribution in [2.45, 2.75) is 33.1 Å². The lowest BCUT2D eigenvalue weighted by Crippen LogP contribution is -2.23. The fourth-order valence-corrected chi connectivity index (χ4v) is 4.01. The lowest BCUT2D eigenvalue weighted by Gasteiger charge is -2.31.